The fourth-order valence-electron chi connectivity index (χ4n) is 4.05. The molecule has 2 aromatic rings. The van der Waals surface area contributed by atoms with Crippen LogP contribution in [0.3, 0.4) is 0 Å². The smallest absolute Gasteiger partial charge is 0.342 e. The average molecular weight is 505 g/mol. The highest BCUT2D eigenvalue weighted by molar-refractivity contribution is 6.02. The number of hydrazine groups is 1. The fourth-order valence-corrected chi connectivity index (χ4v) is 4.05. The Hall–Kier alpha value is -3.58. The molecule has 1 fully saturated rings. The van der Waals surface area contributed by atoms with E-state index in [-0.39, 0.29) is 29.4 Å². The first-order valence-electron chi connectivity index (χ1n) is 11.6. The lowest BCUT2D eigenvalue weighted by Crippen LogP contribution is -2.52. The van der Waals surface area contributed by atoms with Gasteiger partial charge in [0.1, 0.15) is 11.4 Å². The van der Waals surface area contributed by atoms with Gasteiger partial charge in [-0.15, -0.1) is 0 Å². The van der Waals surface area contributed by atoms with Gasteiger partial charge < -0.3 is 25.2 Å². The van der Waals surface area contributed by atoms with E-state index in [0.29, 0.717) is 30.1 Å². The molecule has 11 nitrogen and oxygen atoms in total. The quantitative estimate of drug-likeness (QED) is 0.540. The number of fused-ring (bicyclic) bond motifs is 1. The number of nitrogens with one attached hydrogen (secondary N) is 3. The van der Waals surface area contributed by atoms with E-state index >= 15 is 0 Å². The molecule has 2 amide bonds. The second-order valence-corrected chi connectivity index (χ2v) is 8.91. The van der Waals surface area contributed by atoms with Crippen molar-refractivity contribution in [2.24, 2.45) is 0 Å². The molecule has 3 N–H and O–H groups in total. The van der Waals surface area contributed by atoms with Crippen LogP contribution in [0.4, 0.5) is 31.9 Å². The Bertz CT molecular complexity index is 1140. The number of amides is 2. The van der Waals surface area contributed by atoms with Crippen molar-refractivity contribution in [3.63, 3.8) is 0 Å². The number of methoxy groups -OCH3 is 1. The number of alkyl halides is 2. The molecule has 0 spiro atoms. The third kappa shape index (κ3) is 5.16. The summed E-state index contributed by atoms with van der Waals surface area (Å²) in [7, 11) is 2.75. The van der Waals surface area contributed by atoms with Crippen molar-refractivity contribution < 1.29 is 23.1 Å². The molecule has 4 rings (SSSR count). The minimum Gasteiger partial charge on any atom is -0.495 e. The third-order valence-corrected chi connectivity index (χ3v) is 6.08. The van der Waals surface area contributed by atoms with Crippen LogP contribution in [0, 0.1) is 0 Å². The van der Waals surface area contributed by atoms with Gasteiger partial charge in [-0.1, -0.05) is 0 Å². The number of hydrogen-bond acceptors (Lipinski definition) is 9. The predicted octanol–water partition coefficient (Wildman–Crippen LogP) is 1.61. The van der Waals surface area contributed by atoms with E-state index in [1.54, 1.807) is 32.0 Å². The molecule has 194 valence electrons. The van der Waals surface area contributed by atoms with Crippen LogP contribution in [0.15, 0.2) is 24.4 Å². The Labute approximate surface area is 207 Å². The van der Waals surface area contributed by atoms with E-state index in [1.165, 1.54) is 25.3 Å². The van der Waals surface area contributed by atoms with E-state index < -0.39 is 18.4 Å². The molecule has 1 saturated heterocycles. The van der Waals surface area contributed by atoms with Crippen LogP contribution in [-0.4, -0.2) is 85.6 Å². The maximum atomic E-state index is 14.5. The minimum atomic E-state index is -3.57. The van der Waals surface area contributed by atoms with Gasteiger partial charge in [0.25, 0.3) is 11.8 Å². The van der Waals surface area contributed by atoms with E-state index in [1.807, 2.05) is 5.01 Å². The molecule has 0 atom stereocenters. The van der Waals surface area contributed by atoms with Gasteiger partial charge in [0, 0.05) is 44.8 Å². The molecule has 1 aromatic heterocycles. The number of hydrogen-bond donors (Lipinski definition) is 3. The van der Waals surface area contributed by atoms with E-state index in [4.69, 9.17) is 4.74 Å². The summed E-state index contributed by atoms with van der Waals surface area (Å²) in [6.07, 6.45) is 1.33. The van der Waals surface area contributed by atoms with Gasteiger partial charge in [-0.25, -0.2) is 9.99 Å². The van der Waals surface area contributed by atoms with Crippen molar-refractivity contribution in [1.29, 1.82) is 0 Å². The van der Waals surface area contributed by atoms with Crippen LogP contribution in [0.5, 0.6) is 5.75 Å². The lowest BCUT2D eigenvalue weighted by Gasteiger charge is -2.29. The largest absolute Gasteiger partial charge is 0.495 e. The molecule has 0 bridgehead atoms. The first-order valence-corrected chi connectivity index (χ1v) is 11.6. The lowest BCUT2D eigenvalue weighted by atomic mass is 10.1. The number of ether oxygens (including phenoxy) is 1. The minimum absolute atomic E-state index is 0.127. The number of nitrogens with zero attached hydrogens (tertiary/aromatic N) is 5. The number of aromatic nitrogens is 2. The summed E-state index contributed by atoms with van der Waals surface area (Å²) in [6, 6.07) is 4.54. The molecule has 3 heterocycles. The fraction of sp³-hybridized carbons (Fsp3) is 0.478. The zero-order valence-corrected chi connectivity index (χ0v) is 20.6. The normalized spacial score (nSPS) is 18.0. The van der Waals surface area contributed by atoms with Crippen LogP contribution >= 0.6 is 0 Å². The van der Waals surface area contributed by atoms with Gasteiger partial charge in [0.2, 0.25) is 5.95 Å². The first kappa shape index (κ1) is 25.5. The average Bonchev–Trinajstić information content (AvgIpc) is 2.93. The number of piperazine rings is 1. The van der Waals surface area contributed by atoms with Gasteiger partial charge in [-0.05, 0) is 32.0 Å². The standard InChI is InChI=1S/C23H30F2N8O3/c1-14(2)33-13-23(24,25)21(35)31(3)17-12-27-22(29-19(17)33)28-16-6-5-15(11-18(16)36-4)20(34)30-32-9-7-26-8-10-32/h5-6,11-12,14,26H,7-10,13H2,1-4H3,(H,30,34)(H,27,28,29). The lowest BCUT2D eigenvalue weighted by molar-refractivity contribution is -0.140. The number of rotatable bonds is 6. The van der Waals surface area contributed by atoms with Crippen molar-refractivity contribution in [3.05, 3.63) is 30.0 Å². The topological polar surface area (TPSA) is 115 Å². The van der Waals surface area contributed by atoms with E-state index in [0.717, 1.165) is 18.0 Å². The Morgan fingerprint density at radius 2 is 1.97 bits per heavy atom. The molecule has 2 aliphatic rings. The number of halogens is 2. The number of benzene rings is 1. The Morgan fingerprint density at radius 1 is 1.25 bits per heavy atom. The summed E-state index contributed by atoms with van der Waals surface area (Å²) in [5.74, 6) is -4.43. The highest BCUT2D eigenvalue weighted by Crippen LogP contribution is 2.37. The van der Waals surface area contributed by atoms with Crippen LogP contribution in [0.2, 0.25) is 0 Å². The summed E-state index contributed by atoms with van der Waals surface area (Å²) in [5, 5.41) is 8.11. The molecule has 36 heavy (non-hydrogen) atoms. The number of anilines is 4. The zero-order chi connectivity index (χ0) is 26.0. The zero-order valence-electron chi connectivity index (χ0n) is 20.6. The van der Waals surface area contributed by atoms with Crippen molar-refractivity contribution in [2.75, 3.05) is 62.0 Å². The molecule has 13 heteroatoms. The van der Waals surface area contributed by atoms with Crippen LogP contribution in [0.25, 0.3) is 0 Å². The van der Waals surface area contributed by atoms with Crippen LogP contribution in [-0.2, 0) is 4.79 Å². The van der Waals surface area contributed by atoms with E-state index in [2.05, 4.69) is 26.0 Å². The molecule has 0 unspecified atom stereocenters. The van der Waals surface area contributed by atoms with Crippen molar-refractivity contribution in [2.45, 2.75) is 25.8 Å². The third-order valence-electron chi connectivity index (χ3n) is 6.08. The molecular formula is C23H30F2N8O3. The summed E-state index contributed by atoms with van der Waals surface area (Å²) in [5.41, 5.74) is 3.96. The molecule has 1 aromatic carbocycles. The summed E-state index contributed by atoms with van der Waals surface area (Å²) in [4.78, 5) is 35.9. The van der Waals surface area contributed by atoms with Crippen LogP contribution in [0.1, 0.15) is 24.2 Å². The summed E-state index contributed by atoms with van der Waals surface area (Å²) < 4.78 is 34.5. The number of carbonyl (C=O) groups excluding carboxylic acids is 2. The first-order chi connectivity index (χ1) is 17.1. The Kier molecular flexibility index (Phi) is 7.22. The van der Waals surface area contributed by atoms with Crippen molar-refractivity contribution >= 4 is 35.0 Å². The van der Waals surface area contributed by atoms with Crippen molar-refractivity contribution in [3.8, 4) is 5.75 Å². The maximum Gasteiger partial charge on any atom is 0.342 e. The second-order valence-electron chi connectivity index (χ2n) is 8.91. The summed E-state index contributed by atoms with van der Waals surface area (Å²) >= 11 is 0. The SMILES string of the molecule is COc1cc(C(=O)NN2CCNCC2)ccc1Nc1ncc2c(n1)N(C(C)C)CC(F)(F)C(=O)N2C. The van der Waals surface area contributed by atoms with Gasteiger partial charge in [0.05, 0.1) is 25.5 Å². The highest BCUT2D eigenvalue weighted by Gasteiger charge is 2.47. The monoisotopic (exact) mass is 504 g/mol. The Balaban J connectivity index is 1.59. The maximum absolute atomic E-state index is 14.5. The molecule has 0 aliphatic carbocycles. The van der Waals surface area contributed by atoms with E-state index in [9.17, 15) is 18.4 Å². The van der Waals surface area contributed by atoms with Gasteiger partial charge in [-0.3, -0.25) is 15.0 Å². The van der Waals surface area contributed by atoms with Crippen LogP contribution < -0.4 is 30.6 Å². The second kappa shape index (κ2) is 10.2. The molecule has 0 saturated carbocycles. The van der Waals surface area contributed by atoms with Gasteiger partial charge >= 0.3 is 5.92 Å². The molecule has 0 radical (unpaired) electrons. The highest BCUT2D eigenvalue weighted by atomic mass is 19.3. The molecule has 2 aliphatic heterocycles. The predicted molar refractivity (Wildman–Crippen MR) is 131 cm³/mol. The number of carbonyl (C=O) groups is 2. The van der Waals surface area contributed by atoms with Crippen molar-refractivity contribution in [1.82, 2.24) is 25.7 Å². The van der Waals surface area contributed by atoms with Gasteiger partial charge in [0.15, 0.2) is 5.82 Å². The van der Waals surface area contributed by atoms with Gasteiger partial charge in [-0.2, -0.15) is 13.8 Å². The Morgan fingerprint density at radius 3 is 2.64 bits per heavy atom. The summed E-state index contributed by atoms with van der Waals surface area (Å²) in [6.45, 7) is 5.70. The molecular weight excluding hydrogens is 474 g/mol.